The number of rotatable bonds is 4. The normalized spacial score (nSPS) is 18.2. The van der Waals surface area contributed by atoms with Crippen LogP contribution in [0.15, 0.2) is 42.5 Å². The van der Waals surface area contributed by atoms with Crippen molar-refractivity contribution < 1.29 is 19.1 Å². The lowest BCUT2D eigenvalue weighted by molar-refractivity contribution is -0.124. The number of fused-ring (bicyclic) bond motifs is 2. The van der Waals surface area contributed by atoms with Gasteiger partial charge in [-0.1, -0.05) is 23.7 Å². The van der Waals surface area contributed by atoms with Crippen LogP contribution in [-0.2, 0) is 9.59 Å². The van der Waals surface area contributed by atoms with Crippen LogP contribution in [0.4, 0.5) is 11.4 Å². The van der Waals surface area contributed by atoms with Gasteiger partial charge < -0.3 is 19.9 Å². The zero-order valence-corrected chi connectivity index (χ0v) is 16.6. The van der Waals surface area contributed by atoms with Crippen LogP contribution in [0.2, 0.25) is 5.02 Å². The highest BCUT2D eigenvalue weighted by Gasteiger charge is 2.42. The van der Waals surface area contributed by atoms with Crippen molar-refractivity contribution in [2.75, 3.05) is 30.4 Å². The molecule has 0 aliphatic carbocycles. The first kappa shape index (κ1) is 19.3. The number of para-hydroxylation sites is 1. The van der Waals surface area contributed by atoms with Crippen molar-refractivity contribution in [3.8, 4) is 5.75 Å². The lowest BCUT2D eigenvalue weighted by Gasteiger charge is -2.25. The molecular formula is C21H20ClN3O4. The van der Waals surface area contributed by atoms with Crippen LogP contribution in [0.1, 0.15) is 23.2 Å². The second-order valence-corrected chi connectivity index (χ2v) is 7.43. The molecule has 2 aliphatic heterocycles. The van der Waals surface area contributed by atoms with Crippen molar-refractivity contribution in [2.24, 2.45) is 0 Å². The molecule has 2 aromatic rings. The van der Waals surface area contributed by atoms with E-state index in [2.05, 4.69) is 5.32 Å². The van der Waals surface area contributed by atoms with E-state index in [1.165, 1.54) is 12.0 Å². The molecule has 2 aliphatic rings. The van der Waals surface area contributed by atoms with Crippen LogP contribution < -0.4 is 15.0 Å². The molecule has 0 unspecified atom stereocenters. The number of ether oxygens (including phenoxy) is 1. The van der Waals surface area contributed by atoms with Crippen LogP contribution in [0.3, 0.4) is 0 Å². The number of hydrogen-bond donors (Lipinski definition) is 1. The Balaban J connectivity index is 1.63. The SMILES string of the molecule is COc1cc(Cl)ccc1NC(=O)CN1C(=O)[C@H]2CCCN2C(=O)c2ccccc21. The van der Waals surface area contributed by atoms with E-state index in [0.29, 0.717) is 40.7 Å². The Morgan fingerprint density at radius 3 is 2.83 bits per heavy atom. The maximum absolute atomic E-state index is 13.2. The monoisotopic (exact) mass is 413 g/mol. The Kier molecular flexibility index (Phi) is 5.15. The fourth-order valence-electron chi connectivity index (χ4n) is 3.87. The molecule has 29 heavy (non-hydrogen) atoms. The Morgan fingerprint density at radius 1 is 1.24 bits per heavy atom. The topological polar surface area (TPSA) is 79.0 Å². The van der Waals surface area contributed by atoms with E-state index >= 15 is 0 Å². The standard InChI is InChI=1S/C21H20ClN3O4/c1-29-18-11-13(22)8-9-15(18)23-19(26)12-25-16-6-3-2-5-14(16)20(27)24-10-4-7-17(24)21(25)28/h2-3,5-6,8-9,11,17H,4,7,10,12H2,1H3,(H,23,26)/t17-/m1/s1. The summed E-state index contributed by atoms with van der Waals surface area (Å²) in [7, 11) is 1.48. The largest absolute Gasteiger partial charge is 0.495 e. The molecule has 0 saturated carbocycles. The molecule has 1 fully saturated rings. The summed E-state index contributed by atoms with van der Waals surface area (Å²) in [4.78, 5) is 41.9. The van der Waals surface area contributed by atoms with E-state index in [9.17, 15) is 14.4 Å². The highest BCUT2D eigenvalue weighted by molar-refractivity contribution is 6.30. The van der Waals surface area contributed by atoms with E-state index in [-0.39, 0.29) is 18.4 Å². The molecule has 4 rings (SSSR count). The summed E-state index contributed by atoms with van der Waals surface area (Å²) in [5.41, 5.74) is 1.34. The summed E-state index contributed by atoms with van der Waals surface area (Å²) < 4.78 is 5.25. The van der Waals surface area contributed by atoms with Crippen molar-refractivity contribution in [3.05, 3.63) is 53.1 Å². The van der Waals surface area contributed by atoms with Gasteiger partial charge in [-0.15, -0.1) is 0 Å². The fourth-order valence-corrected chi connectivity index (χ4v) is 4.04. The molecule has 2 heterocycles. The predicted octanol–water partition coefficient (Wildman–Crippen LogP) is 2.94. The van der Waals surface area contributed by atoms with Gasteiger partial charge >= 0.3 is 0 Å². The predicted molar refractivity (Wildman–Crippen MR) is 109 cm³/mol. The van der Waals surface area contributed by atoms with Gasteiger partial charge in [0.05, 0.1) is 24.0 Å². The summed E-state index contributed by atoms with van der Waals surface area (Å²) >= 11 is 5.96. The Labute approximate surface area is 173 Å². The molecule has 0 bridgehead atoms. The second kappa shape index (κ2) is 7.75. The number of nitrogens with zero attached hydrogens (tertiary/aromatic N) is 2. The Morgan fingerprint density at radius 2 is 2.03 bits per heavy atom. The molecule has 1 N–H and O–H groups in total. The van der Waals surface area contributed by atoms with Crippen molar-refractivity contribution in [2.45, 2.75) is 18.9 Å². The van der Waals surface area contributed by atoms with Crippen LogP contribution in [-0.4, -0.2) is 48.9 Å². The summed E-state index contributed by atoms with van der Waals surface area (Å²) in [5, 5.41) is 3.25. The minimum atomic E-state index is -0.534. The number of carbonyl (C=O) groups excluding carboxylic acids is 3. The molecule has 8 heteroatoms. The number of anilines is 2. The molecule has 0 radical (unpaired) electrons. The lowest BCUT2D eigenvalue weighted by Crippen LogP contribution is -2.47. The third-order valence-corrected chi connectivity index (χ3v) is 5.46. The highest BCUT2D eigenvalue weighted by Crippen LogP contribution is 2.33. The molecule has 0 aromatic heterocycles. The molecule has 0 spiro atoms. The number of amides is 3. The lowest BCUT2D eigenvalue weighted by atomic mass is 10.1. The van der Waals surface area contributed by atoms with Gasteiger partial charge in [0.15, 0.2) is 0 Å². The Bertz CT molecular complexity index is 994. The van der Waals surface area contributed by atoms with Gasteiger partial charge in [0.1, 0.15) is 18.3 Å². The quantitative estimate of drug-likeness (QED) is 0.835. The molecule has 3 amide bonds. The molecule has 2 aromatic carbocycles. The van der Waals surface area contributed by atoms with Crippen molar-refractivity contribution >= 4 is 40.7 Å². The zero-order chi connectivity index (χ0) is 20.5. The fraction of sp³-hybridized carbons (Fsp3) is 0.286. The van der Waals surface area contributed by atoms with Crippen molar-refractivity contribution in [1.29, 1.82) is 0 Å². The maximum atomic E-state index is 13.2. The van der Waals surface area contributed by atoms with Crippen molar-refractivity contribution in [1.82, 2.24) is 4.90 Å². The third-order valence-electron chi connectivity index (χ3n) is 5.23. The molecular weight excluding hydrogens is 394 g/mol. The number of benzene rings is 2. The minimum absolute atomic E-state index is 0.168. The van der Waals surface area contributed by atoms with Crippen LogP contribution in [0, 0.1) is 0 Å². The van der Waals surface area contributed by atoms with E-state index in [1.807, 2.05) is 0 Å². The van der Waals surface area contributed by atoms with Gasteiger partial charge in [-0.05, 0) is 37.1 Å². The molecule has 7 nitrogen and oxygen atoms in total. The number of hydrogen-bond acceptors (Lipinski definition) is 4. The van der Waals surface area contributed by atoms with Gasteiger partial charge in [0.25, 0.3) is 5.91 Å². The minimum Gasteiger partial charge on any atom is -0.495 e. The van der Waals surface area contributed by atoms with Crippen LogP contribution in [0.5, 0.6) is 5.75 Å². The van der Waals surface area contributed by atoms with Gasteiger partial charge in [-0.2, -0.15) is 0 Å². The van der Waals surface area contributed by atoms with E-state index in [1.54, 1.807) is 47.4 Å². The van der Waals surface area contributed by atoms with Gasteiger partial charge in [-0.25, -0.2) is 0 Å². The zero-order valence-electron chi connectivity index (χ0n) is 15.9. The van der Waals surface area contributed by atoms with E-state index in [4.69, 9.17) is 16.3 Å². The molecule has 150 valence electrons. The van der Waals surface area contributed by atoms with Gasteiger partial charge in [0.2, 0.25) is 11.8 Å². The first-order valence-electron chi connectivity index (χ1n) is 9.34. The Hall–Kier alpha value is -3.06. The number of nitrogens with one attached hydrogen (secondary N) is 1. The maximum Gasteiger partial charge on any atom is 0.256 e. The van der Waals surface area contributed by atoms with Crippen LogP contribution in [0.25, 0.3) is 0 Å². The van der Waals surface area contributed by atoms with E-state index < -0.39 is 11.9 Å². The molecule has 1 saturated heterocycles. The second-order valence-electron chi connectivity index (χ2n) is 6.99. The first-order chi connectivity index (χ1) is 14.0. The average molecular weight is 414 g/mol. The van der Waals surface area contributed by atoms with Gasteiger partial charge in [-0.3, -0.25) is 14.4 Å². The number of methoxy groups -OCH3 is 1. The third kappa shape index (κ3) is 3.53. The molecule has 1 atom stereocenters. The summed E-state index contributed by atoms with van der Waals surface area (Å²) in [5.74, 6) is -0.379. The number of carbonyl (C=O) groups is 3. The summed E-state index contributed by atoms with van der Waals surface area (Å²) in [6.07, 6.45) is 1.37. The van der Waals surface area contributed by atoms with Crippen molar-refractivity contribution in [3.63, 3.8) is 0 Å². The van der Waals surface area contributed by atoms with Crippen LogP contribution >= 0.6 is 11.6 Å². The first-order valence-corrected chi connectivity index (χ1v) is 9.72. The van der Waals surface area contributed by atoms with E-state index in [0.717, 1.165) is 6.42 Å². The van der Waals surface area contributed by atoms with Gasteiger partial charge in [0, 0.05) is 17.6 Å². The smallest absolute Gasteiger partial charge is 0.256 e. The average Bonchev–Trinajstić information content (AvgIpc) is 3.19. The summed E-state index contributed by atoms with van der Waals surface area (Å²) in [6.45, 7) is 0.338. The summed E-state index contributed by atoms with van der Waals surface area (Å²) in [6, 6.07) is 11.2. The highest BCUT2D eigenvalue weighted by atomic mass is 35.5. The number of halogens is 1.